The minimum atomic E-state index is -2.87. The molecule has 0 amide bonds. The van der Waals surface area contributed by atoms with Crippen molar-refractivity contribution in [2.24, 2.45) is 57.2 Å². The summed E-state index contributed by atoms with van der Waals surface area (Å²) in [6.07, 6.45) is 20.3. The van der Waals surface area contributed by atoms with E-state index in [9.17, 15) is 18.3 Å². The molecule has 10 heteroatoms. The third-order valence-corrected chi connectivity index (χ3v) is 20.2. The molecular weight excluding hydrogens is 811 g/mol. The van der Waals surface area contributed by atoms with Gasteiger partial charge < -0.3 is 20.1 Å². The normalized spacial score (nSPS) is 40.5. The molecule has 2 heterocycles. The van der Waals surface area contributed by atoms with Gasteiger partial charge in [0, 0.05) is 48.5 Å². The molecule has 0 bridgehead atoms. The van der Waals surface area contributed by atoms with E-state index in [2.05, 4.69) is 84.5 Å². The second kappa shape index (κ2) is 15.7. The first-order chi connectivity index (χ1) is 27.4. The molecule has 0 radical (unpaired) electrons. The number of allylic oxidation sites excluding steroid dienone is 5. The monoisotopic (exact) mass is 879 g/mol. The maximum Gasteiger partial charge on any atom is 0.310 e. The van der Waals surface area contributed by atoms with E-state index in [1.807, 2.05) is 12.1 Å². The zero-order valence-electron chi connectivity index (χ0n) is 36.0. The lowest BCUT2D eigenvalue weighted by Gasteiger charge is -2.68. The number of carboxylic acids is 1. The van der Waals surface area contributed by atoms with Crippen molar-refractivity contribution < 1.29 is 23.1 Å². The molecule has 0 spiro atoms. The van der Waals surface area contributed by atoms with Crippen molar-refractivity contribution >= 4 is 31.7 Å². The molecule has 10 atom stereocenters. The summed E-state index contributed by atoms with van der Waals surface area (Å²) in [5.74, 6) is 4.31. The largest absolute Gasteiger partial charge is 0.481 e. The number of aliphatic carboxylic acids is 1. The smallest absolute Gasteiger partial charge is 0.310 e. The number of ether oxygens (including phenoxy) is 1. The number of nitrogens with zero attached hydrogens (tertiary/aromatic N) is 2. The molecule has 2 N–H and O–H groups in total. The van der Waals surface area contributed by atoms with Crippen molar-refractivity contribution in [1.82, 2.24) is 15.2 Å². The molecular formula is C48H70BrN3O5S. The molecule has 1 aromatic heterocycles. The van der Waals surface area contributed by atoms with E-state index in [0.717, 1.165) is 36.3 Å². The summed E-state index contributed by atoms with van der Waals surface area (Å²) in [5.41, 5.74) is 4.17. The van der Waals surface area contributed by atoms with Crippen molar-refractivity contribution in [2.45, 2.75) is 124 Å². The lowest BCUT2D eigenvalue weighted by molar-refractivity contribution is -0.170. The fourth-order valence-electron chi connectivity index (χ4n) is 15.0. The minimum Gasteiger partial charge on any atom is -0.481 e. The molecule has 1 aromatic rings. The fourth-order valence-corrected chi connectivity index (χ4v) is 16.6. The number of carbonyl (C=O) groups is 1. The van der Waals surface area contributed by atoms with Crippen molar-refractivity contribution in [3.05, 3.63) is 58.3 Å². The topological polar surface area (TPSA) is 109 Å². The van der Waals surface area contributed by atoms with Gasteiger partial charge in [-0.3, -0.25) is 4.79 Å². The molecule has 4 saturated carbocycles. The zero-order valence-corrected chi connectivity index (χ0v) is 38.4. The van der Waals surface area contributed by atoms with Gasteiger partial charge in [0.05, 0.1) is 23.5 Å². The van der Waals surface area contributed by atoms with E-state index in [4.69, 9.17) is 4.74 Å². The van der Waals surface area contributed by atoms with Crippen molar-refractivity contribution in [1.29, 1.82) is 0 Å². The molecule has 320 valence electrons. The molecule has 7 aliphatic rings. The van der Waals surface area contributed by atoms with Gasteiger partial charge in [0.25, 0.3) is 0 Å². The van der Waals surface area contributed by atoms with Gasteiger partial charge in [-0.2, -0.15) is 0 Å². The first-order valence-electron chi connectivity index (χ1n) is 22.6. The second-order valence-electron chi connectivity index (χ2n) is 21.1. The fraction of sp³-hybridized carbons (Fsp3) is 0.750. The summed E-state index contributed by atoms with van der Waals surface area (Å²) in [6, 6.07) is 3.68. The van der Waals surface area contributed by atoms with Crippen LogP contribution in [0, 0.1) is 57.2 Å². The molecule has 5 fully saturated rings. The standard InChI is InChI=1S/C48H70BrN3O5S/c1-32(2)35-13-19-48(51-24-25-52-26-29-58(55,56)30-27-52)21-20-45(5)37-9-10-40-44(3,4)36(14-16-46(40,6)38(37)7-8-39(45)42(35)48)33-11-17-47(18-12-33,43(53)54)22-28-57-41-31-34(49)15-23-50-41/h11,14-15,23,31,35,37-40,42,51H,1,7-10,12-13,16-22,24-30H2,2-6H3,(H,53,54)/t35-,37?,38-,39+,40-,42+,45-,46+,47?,48-/m0/s1. The predicted molar refractivity (Wildman–Crippen MR) is 235 cm³/mol. The first kappa shape index (κ1) is 42.7. The molecule has 1 aliphatic heterocycles. The Labute approximate surface area is 357 Å². The van der Waals surface area contributed by atoms with E-state index in [1.165, 1.54) is 68.1 Å². The number of nitrogens with one attached hydrogen (secondary N) is 1. The first-order valence-corrected chi connectivity index (χ1v) is 25.3. The predicted octanol–water partition coefficient (Wildman–Crippen LogP) is 9.67. The lowest BCUT2D eigenvalue weighted by atomic mass is 9.37. The van der Waals surface area contributed by atoms with Crippen LogP contribution in [0.1, 0.15) is 118 Å². The van der Waals surface area contributed by atoms with Crippen LogP contribution in [0.5, 0.6) is 5.88 Å². The highest BCUT2D eigenvalue weighted by molar-refractivity contribution is 9.10. The van der Waals surface area contributed by atoms with E-state index >= 15 is 0 Å². The van der Waals surface area contributed by atoms with Crippen LogP contribution >= 0.6 is 15.9 Å². The van der Waals surface area contributed by atoms with Crippen molar-refractivity contribution in [2.75, 3.05) is 44.3 Å². The van der Waals surface area contributed by atoms with Crippen LogP contribution in [0.15, 0.2) is 58.3 Å². The number of hydrogen-bond acceptors (Lipinski definition) is 7. The Morgan fingerprint density at radius 3 is 2.40 bits per heavy atom. The molecule has 2 unspecified atom stereocenters. The van der Waals surface area contributed by atoms with Crippen LogP contribution in [0.3, 0.4) is 0 Å². The van der Waals surface area contributed by atoms with Crippen molar-refractivity contribution in [3.8, 4) is 5.88 Å². The van der Waals surface area contributed by atoms with E-state index in [-0.39, 0.29) is 16.4 Å². The van der Waals surface area contributed by atoms with E-state index in [1.54, 1.807) is 6.20 Å². The third kappa shape index (κ3) is 7.41. The van der Waals surface area contributed by atoms with Crippen LogP contribution in [0.2, 0.25) is 0 Å². The van der Waals surface area contributed by atoms with Crippen LogP contribution in [-0.2, 0) is 14.6 Å². The van der Waals surface area contributed by atoms with Gasteiger partial charge in [-0.25, -0.2) is 13.4 Å². The number of aromatic nitrogens is 1. The van der Waals surface area contributed by atoms with Gasteiger partial charge in [0.15, 0.2) is 9.84 Å². The summed E-state index contributed by atoms with van der Waals surface area (Å²) >= 11 is 3.47. The summed E-state index contributed by atoms with van der Waals surface area (Å²) in [5, 5.41) is 14.7. The summed E-state index contributed by atoms with van der Waals surface area (Å²) in [6.45, 7) is 20.8. The van der Waals surface area contributed by atoms with Crippen LogP contribution < -0.4 is 10.1 Å². The number of rotatable bonds is 11. The number of fused-ring (bicyclic) bond motifs is 7. The summed E-state index contributed by atoms with van der Waals surface area (Å²) in [4.78, 5) is 19.4. The van der Waals surface area contributed by atoms with Gasteiger partial charge in [-0.05, 0) is 159 Å². The highest BCUT2D eigenvalue weighted by atomic mass is 79.9. The summed E-state index contributed by atoms with van der Waals surface area (Å²) in [7, 11) is -2.87. The Bertz CT molecular complexity index is 1930. The molecule has 8 rings (SSSR count). The molecule has 1 saturated heterocycles. The van der Waals surface area contributed by atoms with E-state index < -0.39 is 21.2 Å². The van der Waals surface area contributed by atoms with Crippen molar-refractivity contribution in [3.63, 3.8) is 0 Å². The van der Waals surface area contributed by atoms with E-state index in [0.29, 0.717) is 91.3 Å². The average molecular weight is 881 g/mol. The van der Waals surface area contributed by atoms with Gasteiger partial charge in [0.2, 0.25) is 5.88 Å². The quantitative estimate of drug-likeness (QED) is 0.212. The van der Waals surface area contributed by atoms with Gasteiger partial charge >= 0.3 is 5.97 Å². The number of carboxylic acid groups (broad SMARTS) is 1. The van der Waals surface area contributed by atoms with Crippen LogP contribution in [-0.4, -0.2) is 79.2 Å². The SMILES string of the molecule is C=C(C)[C@@H]1CC[C@]2(NCCN3CCS(=O)(=O)CC3)CC[C@@]3(C)C4CC[C@H]5C(C)(C)C(C6=CCC(CCOc7cc(Br)ccn7)(C(=O)O)CC6)=CC[C@]5(C)[C@H]4CC[C@@H]3[C@@H]12. The Morgan fingerprint density at radius 2 is 1.71 bits per heavy atom. The highest BCUT2D eigenvalue weighted by Gasteiger charge is 2.66. The van der Waals surface area contributed by atoms with Crippen LogP contribution in [0.4, 0.5) is 0 Å². The number of halogens is 1. The Morgan fingerprint density at radius 1 is 0.983 bits per heavy atom. The minimum absolute atomic E-state index is 0.0287. The van der Waals surface area contributed by atoms with Gasteiger partial charge in [-0.1, -0.05) is 67.9 Å². The number of pyridine rings is 1. The van der Waals surface area contributed by atoms with Crippen LogP contribution in [0.25, 0.3) is 0 Å². The molecule has 8 nitrogen and oxygen atoms in total. The van der Waals surface area contributed by atoms with Gasteiger partial charge in [-0.15, -0.1) is 0 Å². The maximum atomic E-state index is 12.8. The highest BCUT2D eigenvalue weighted by Crippen LogP contribution is 2.72. The Hall–Kier alpha value is -2.01. The third-order valence-electron chi connectivity index (χ3n) is 18.1. The number of sulfone groups is 1. The second-order valence-corrected chi connectivity index (χ2v) is 24.3. The van der Waals surface area contributed by atoms with Gasteiger partial charge in [0.1, 0.15) is 0 Å². The average Bonchev–Trinajstić information content (AvgIpc) is 3.56. The Kier molecular flexibility index (Phi) is 11.6. The zero-order chi connectivity index (χ0) is 41.3. The molecule has 6 aliphatic carbocycles. The lowest BCUT2D eigenvalue weighted by Crippen LogP contribution is -2.65. The number of hydrogen-bond donors (Lipinski definition) is 2. The molecule has 0 aromatic carbocycles. The summed E-state index contributed by atoms with van der Waals surface area (Å²) < 4.78 is 30.9. The maximum absolute atomic E-state index is 12.8. The molecule has 58 heavy (non-hydrogen) atoms. The Balaban J connectivity index is 0.970.